The summed E-state index contributed by atoms with van der Waals surface area (Å²) in [6, 6.07) is 15.4. The Balaban J connectivity index is 1.71. The fourth-order valence-electron chi connectivity index (χ4n) is 3.81. The molecule has 1 atom stereocenters. The molecule has 0 radical (unpaired) electrons. The Hall–Kier alpha value is -3.87. The molecule has 0 aliphatic heterocycles. The third kappa shape index (κ3) is 4.27. The van der Waals surface area contributed by atoms with Gasteiger partial charge in [0.2, 0.25) is 0 Å². The van der Waals surface area contributed by atoms with Crippen LogP contribution >= 0.6 is 0 Å². The number of methoxy groups -OCH3 is 1. The van der Waals surface area contributed by atoms with Crippen molar-refractivity contribution in [3.8, 4) is 0 Å². The monoisotopic (exact) mass is 430 g/mol. The lowest BCUT2D eigenvalue weighted by molar-refractivity contribution is -0.143. The van der Waals surface area contributed by atoms with Crippen molar-refractivity contribution in [3.05, 3.63) is 89.6 Å². The average Bonchev–Trinajstić information content (AvgIpc) is 3.46. The van der Waals surface area contributed by atoms with Gasteiger partial charge in [0, 0.05) is 29.2 Å². The van der Waals surface area contributed by atoms with E-state index in [0.717, 1.165) is 16.5 Å². The highest BCUT2D eigenvalue weighted by molar-refractivity contribution is 5.97. The molecule has 4 aromatic rings. The molecule has 4 rings (SSSR count). The van der Waals surface area contributed by atoms with E-state index in [0.29, 0.717) is 18.0 Å². The van der Waals surface area contributed by atoms with E-state index in [9.17, 15) is 9.59 Å². The number of hydrogen-bond donors (Lipinski definition) is 2. The molecular formula is C25H26N4O3. The van der Waals surface area contributed by atoms with E-state index >= 15 is 0 Å². The van der Waals surface area contributed by atoms with Crippen LogP contribution in [0.25, 0.3) is 10.9 Å². The van der Waals surface area contributed by atoms with Crippen LogP contribution in [-0.2, 0) is 16.1 Å². The molecule has 2 heterocycles. The second-order valence-electron chi connectivity index (χ2n) is 8.02. The minimum atomic E-state index is -0.953. The molecule has 0 spiro atoms. The molecular weight excluding hydrogens is 404 g/mol. The van der Waals surface area contributed by atoms with Crippen LogP contribution in [0.5, 0.6) is 0 Å². The van der Waals surface area contributed by atoms with Crippen LogP contribution in [0.3, 0.4) is 0 Å². The Morgan fingerprint density at radius 2 is 1.88 bits per heavy atom. The van der Waals surface area contributed by atoms with Crippen molar-refractivity contribution in [2.75, 3.05) is 7.11 Å². The van der Waals surface area contributed by atoms with Crippen LogP contribution < -0.4 is 5.32 Å². The molecule has 2 aromatic heterocycles. The number of nitrogens with one attached hydrogen (secondary N) is 2. The molecule has 164 valence electrons. The summed E-state index contributed by atoms with van der Waals surface area (Å²) in [7, 11) is 1.31. The van der Waals surface area contributed by atoms with E-state index in [1.54, 1.807) is 0 Å². The number of ether oxygens (including phenoxy) is 1. The molecule has 2 N–H and O–H groups in total. The molecule has 7 heteroatoms. The predicted octanol–water partition coefficient (Wildman–Crippen LogP) is 4.18. The summed E-state index contributed by atoms with van der Waals surface area (Å²) in [5.41, 5.74) is 4.36. The van der Waals surface area contributed by atoms with Gasteiger partial charge in [0.15, 0.2) is 6.04 Å². The average molecular weight is 431 g/mol. The number of nitrogens with zero attached hydrogens (tertiary/aromatic N) is 2. The molecule has 0 fully saturated rings. The Kier molecular flexibility index (Phi) is 6.07. The third-order valence-electron chi connectivity index (χ3n) is 5.58. The second-order valence-corrected chi connectivity index (χ2v) is 8.02. The zero-order valence-corrected chi connectivity index (χ0v) is 18.3. The number of rotatable bonds is 7. The minimum absolute atomic E-state index is 0.271. The summed E-state index contributed by atoms with van der Waals surface area (Å²) in [5.74, 6) is -0.497. The first-order chi connectivity index (χ1) is 15.5. The molecule has 0 saturated heterocycles. The zero-order chi connectivity index (χ0) is 22.7. The van der Waals surface area contributed by atoms with E-state index in [-0.39, 0.29) is 5.69 Å². The fraction of sp³-hybridized carbons (Fsp3) is 0.240. The van der Waals surface area contributed by atoms with Gasteiger partial charge in [-0.1, -0.05) is 56.3 Å². The molecule has 1 unspecified atom stereocenters. The van der Waals surface area contributed by atoms with Gasteiger partial charge in [-0.05, 0) is 23.1 Å². The van der Waals surface area contributed by atoms with E-state index < -0.39 is 17.9 Å². The van der Waals surface area contributed by atoms with Gasteiger partial charge in [-0.2, -0.15) is 0 Å². The maximum atomic E-state index is 12.7. The first kappa shape index (κ1) is 21.4. The molecule has 0 bridgehead atoms. The van der Waals surface area contributed by atoms with E-state index in [2.05, 4.69) is 58.0 Å². The molecule has 0 aliphatic rings. The molecule has 0 aliphatic carbocycles. The quantitative estimate of drug-likeness (QED) is 0.431. The molecule has 2 aromatic carbocycles. The third-order valence-corrected chi connectivity index (χ3v) is 5.58. The number of benzene rings is 2. The molecule has 7 nitrogen and oxygen atoms in total. The maximum Gasteiger partial charge on any atom is 0.333 e. The first-order valence-corrected chi connectivity index (χ1v) is 10.5. The fourth-order valence-corrected chi connectivity index (χ4v) is 3.81. The Morgan fingerprint density at radius 1 is 1.12 bits per heavy atom. The van der Waals surface area contributed by atoms with Crippen molar-refractivity contribution < 1.29 is 14.3 Å². The number of carbonyl (C=O) groups is 2. The highest BCUT2D eigenvalue weighted by Crippen LogP contribution is 2.29. The van der Waals surface area contributed by atoms with E-state index in [1.807, 2.05) is 30.5 Å². The predicted molar refractivity (Wildman–Crippen MR) is 122 cm³/mol. The SMILES string of the molecule is COC(=O)C(NC(=O)c1cnc[nH]1)c1cn(Cc2ccc(C(C)C)cc2)c2ccccc12. The number of fused-ring (bicyclic) bond motifs is 1. The summed E-state index contributed by atoms with van der Waals surface area (Å²) >= 11 is 0. The van der Waals surface area contributed by atoms with Crippen molar-refractivity contribution in [3.63, 3.8) is 0 Å². The van der Waals surface area contributed by atoms with Crippen LogP contribution in [0.2, 0.25) is 0 Å². The van der Waals surface area contributed by atoms with Crippen molar-refractivity contribution in [1.29, 1.82) is 0 Å². The van der Waals surface area contributed by atoms with Gasteiger partial charge in [0.05, 0.1) is 19.6 Å². The largest absolute Gasteiger partial charge is 0.467 e. The van der Waals surface area contributed by atoms with E-state index in [1.165, 1.54) is 25.2 Å². The van der Waals surface area contributed by atoms with Gasteiger partial charge < -0.3 is 19.6 Å². The number of aromatic amines is 1. The summed E-state index contributed by atoms with van der Waals surface area (Å²) in [6.07, 6.45) is 4.74. The zero-order valence-electron chi connectivity index (χ0n) is 18.3. The standard InChI is InChI=1S/C25H26N4O3/c1-16(2)18-10-8-17(9-11-18)13-29-14-20(19-6-4-5-7-22(19)29)23(25(31)32-3)28-24(30)21-12-26-15-27-21/h4-12,14-16,23H,13H2,1-3H3,(H,26,27)(H,28,30). The number of amides is 1. The lowest BCUT2D eigenvalue weighted by Gasteiger charge is -2.15. The van der Waals surface area contributed by atoms with Crippen molar-refractivity contribution >= 4 is 22.8 Å². The van der Waals surface area contributed by atoms with Crippen molar-refractivity contribution in [1.82, 2.24) is 19.9 Å². The number of carbonyl (C=O) groups excluding carboxylic acids is 2. The maximum absolute atomic E-state index is 12.7. The summed E-state index contributed by atoms with van der Waals surface area (Å²) in [4.78, 5) is 31.9. The summed E-state index contributed by atoms with van der Waals surface area (Å²) in [6.45, 7) is 4.98. The summed E-state index contributed by atoms with van der Waals surface area (Å²) < 4.78 is 7.10. The second kappa shape index (κ2) is 9.09. The lowest BCUT2D eigenvalue weighted by atomic mass is 10.0. The lowest BCUT2D eigenvalue weighted by Crippen LogP contribution is -2.34. The van der Waals surface area contributed by atoms with Gasteiger partial charge in [0.1, 0.15) is 5.69 Å². The number of esters is 1. The molecule has 0 saturated carbocycles. The van der Waals surface area contributed by atoms with Crippen LogP contribution in [0.1, 0.15) is 53.0 Å². The van der Waals surface area contributed by atoms with Crippen LogP contribution in [0.15, 0.2) is 67.3 Å². The highest BCUT2D eigenvalue weighted by atomic mass is 16.5. The van der Waals surface area contributed by atoms with Crippen molar-refractivity contribution in [2.24, 2.45) is 0 Å². The van der Waals surface area contributed by atoms with Crippen LogP contribution in [0.4, 0.5) is 0 Å². The number of aromatic nitrogens is 3. The number of para-hydroxylation sites is 1. The summed E-state index contributed by atoms with van der Waals surface area (Å²) in [5, 5.41) is 3.66. The van der Waals surface area contributed by atoms with Gasteiger partial charge >= 0.3 is 5.97 Å². The van der Waals surface area contributed by atoms with Crippen LogP contribution in [0, 0.1) is 0 Å². The van der Waals surface area contributed by atoms with Gasteiger partial charge in [-0.3, -0.25) is 4.79 Å². The Labute approximate surface area is 186 Å². The van der Waals surface area contributed by atoms with Gasteiger partial charge in [0.25, 0.3) is 5.91 Å². The Morgan fingerprint density at radius 3 is 2.53 bits per heavy atom. The number of H-pyrrole nitrogens is 1. The van der Waals surface area contributed by atoms with Crippen LogP contribution in [-0.4, -0.2) is 33.5 Å². The first-order valence-electron chi connectivity index (χ1n) is 10.5. The van der Waals surface area contributed by atoms with Gasteiger partial charge in [-0.15, -0.1) is 0 Å². The number of hydrogen-bond acceptors (Lipinski definition) is 4. The molecule has 32 heavy (non-hydrogen) atoms. The van der Waals surface area contributed by atoms with Crippen molar-refractivity contribution in [2.45, 2.75) is 32.4 Å². The normalized spacial score (nSPS) is 12.1. The topological polar surface area (TPSA) is 89.0 Å². The molecule has 1 amide bonds. The van der Waals surface area contributed by atoms with Gasteiger partial charge in [-0.25, -0.2) is 9.78 Å². The smallest absolute Gasteiger partial charge is 0.333 e. The highest BCUT2D eigenvalue weighted by Gasteiger charge is 2.28. The minimum Gasteiger partial charge on any atom is -0.467 e. The van der Waals surface area contributed by atoms with E-state index in [4.69, 9.17) is 4.74 Å². The number of imidazole rings is 1. The Bertz CT molecular complexity index is 1220.